The van der Waals surface area contributed by atoms with Crippen LogP contribution in [0.1, 0.15) is 17.2 Å². The molecular weight excluding hydrogens is 410 g/mol. The maximum absolute atomic E-state index is 14.8. The van der Waals surface area contributed by atoms with Gasteiger partial charge in [0.25, 0.3) is 0 Å². The van der Waals surface area contributed by atoms with Gasteiger partial charge in [-0.25, -0.2) is 23.4 Å². The van der Waals surface area contributed by atoms with E-state index in [0.29, 0.717) is 28.4 Å². The highest BCUT2D eigenvalue weighted by atomic mass is 19.1. The minimum atomic E-state index is -1.12. The summed E-state index contributed by atoms with van der Waals surface area (Å²) in [5, 5.41) is 4.25. The number of imidazole rings is 1. The molecule has 5 aromatic rings. The molecule has 2 atom stereocenters. The smallest absolute Gasteiger partial charge is 0.167 e. The molecule has 0 fully saturated rings. The van der Waals surface area contributed by atoms with Crippen molar-refractivity contribution in [2.45, 2.75) is 18.6 Å². The van der Waals surface area contributed by atoms with Crippen molar-refractivity contribution in [3.8, 4) is 22.9 Å². The Morgan fingerprint density at radius 1 is 1.00 bits per heavy atom. The molecule has 158 valence electrons. The zero-order valence-corrected chi connectivity index (χ0v) is 16.9. The van der Waals surface area contributed by atoms with Crippen LogP contribution in [0.2, 0.25) is 0 Å². The lowest BCUT2D eigenvalue weighted by molar-refractivity contribution is 0.303. The van der Waals surface area contributed by atoms with Crippen LogP contribution in [-0.2, 0) is 6.42 Å². The largest absolute Gasteiger partial charge is 0.322 e. The van der Waals surface area contributed by atoms with E-state index >= 15 is 0 Å². The third-order valence-corrected chi connectivity index (χ3v) is 5.89. The van der Waals surface area contributed by atoms with Crippen LogP contribution < -0.4 is 5.73 Å². The van der Waals surface area contributed by atoms with Crippen LogP contribution in [0.4, 0.5) is 8.78 Å². The monoisotopic (exact) mass is 428 g/mol. The van der Waals surface area contributed by atoms with E-state index in [0.717, 1.165) is 16.8 Å². The predicted molar refractivity (Wildman–Crippen MR) is 117 cm³/mol. The van der Waals surface area contributed by atoms with Gasteiger partial charge in [0.1, 0.15) is 23.3 Å². The first-order valence-electron chi connectivity index (χ1n) is 10.3. The van der Waals surface area contributed by atoms with E-state index in [1.807, 2.05) is 36.4 Å². The number of benzene rings is 2. The van der Waals surface area contributed by atoms with Gasteiger partial charge in [-0.3, -0.25) is 4.57 Å². The van der Waals surface area contributed by atoms with Crippen molar-refractivity contribution >= 4 is 11.2 Å². The van der Waals surface area contributed by atoms with Gasteiger partial charge in [-0.1, -0.05) is 18.2 Å². The fourth-order valence-electron chi connectivity index (χ4n) is 4.31. The Labute approximate surface area is 182 Å². The third kappa shape index (κ3) is 2.84. The molecule has 8 heteroatoms. The molecule has 2 aromatic carbocycles. The topological polar surface area (TPSA) is 74.6 Å². The molecular formula is C24H18F2N6. The highest BCUT2D eigenvalue weighted by Crippen LogP contribution is 2.35. The Kier molecular flexibility index (Phi) is 4.16. The number of nitrogens with zero attached hydrogens (tertiary/aromatic N) is 5. The van der Waals surface area contributed by atoms with Gasteiger partial charge in [-0.05, 0) is 53.6 Å². The molecule has 3 aromatic heterocycles. The standard InChI is InChI=1S/C24H18F2N6/c25-18-5-2-1-4-17(18)23-29-20-8-9-21(31-11-3-10-28-31)30-24(20)32(23)15-6-7-16-14(12-15)13-19(26)22(16)27/h1-12,19,22H,13,27H2/t19?,22-/m1/s1. The van der Waals surface area contributed by atoms with E-state index in [1.165, 1.54) is 6.07 Å². The molecule has 3 heterocycles. The van der Waals surface area contributed by atoms with Gasteiger partial charge < -0.3 is 5.73 Å². The quantitative estimate of drug-likeness (QED) is 0.465. The van der Waals surface area contributed by atoms with Crippen LogP contribution in [0.5, 0.6) is 0 Å². The lowest BCUT2D eigenvalue weighted by atomic mass is 10.1. The second kappa shape index (κ2) is 7.06. The summed E-state index contributed by atoms with van der Waals surface area (Å²) in [5.74, 6) is 0.640. The first-order chi connectivity index (χ1) is 15.6. The molecule has 1 unspecified atom stereocenters. The predicted octanol–water partition coefficient (Wildman–Crippen LogP) is 4.31. The molecule has 0 radical (unpaired) electrons. The van der Waals surface area contributed by atoms with Gasteiger partial charge >= 0.3 is 0 Å². The van der Waals surface area contributed by atoms with Crippen LogP contribution in [0.25, 0.3) is 34.1 Å². The molecule has 0 saturated heterocycles. The van der Waals surface area contributed by atoms with Gasteiger partial charge in [0.05, 0.1) is 11.6 Å². The summed E-state index contributed by atoms with van der Waals surface area (Å²) in [6.07, 6.45) is 2.60. The average molecular weight is 428 g/mol. The number of hydrogen-bond acceptors (Lipinski definition) is 4. The minimum Gasteiger partial charge on any atom is -0.322 e. The number of hydrogen-bond donors (Lipinski definition) is 1. The SMILES string of the molecule is N[C@@H]1c2ccc(-n3c(-c4ccccc4F)nc4ccc(-n5cccn5)nc43)cc2CC1F. The van der Waals surface area contributed by atoms with Crippen molar-refractivity contribution in [1.29, 1.82) is 0 Å². The summed E-state index contributed by atoms with van der Waals surface area (Å²) in [6, 6.07) is 16.9. The molecule has 2 N–H and O–H groups in total. The number of pyridine rings is 1. The first-order valence-corrected chi connectivity index (χ1v) is 10.3. The van der Waals surface area contributed by atoms with Crippen LogP contribution in [-0.4, -0.2) is 30.5 Å². The molecule has 0 amide bonds. The molecule has 0 spiro atoms. The van der Waals surface area contributed by atoms with Gasteiger partial charge in [0.2, 0.25) is 0 Å². The molecule has 0 aliphatic heterocycles. The Bertz CT molecular complexity index is 1460. The highest BCUT2D eigenvalue weighted by Gasteiger charge is 2.30. The lowest BCUT2D eigenvalue weighted by Gasteiger charge is -2.12. The van der Waals surface area contributed by atoms with E-state index in [2.05, 4.69) is 5.10 Å². The molecule has 0 saturated carbocycles. The first kappa shape index (κ1) is 18.8. The average Bonchev–Trinajstić information content (AvgIpc) is 3.52. The second-order valence-corrected chi connectivity index (χ2v) is 7.84. The van der Waals surface area contributed by atoms with Gasteiger partial charge in [-0.15, -0.1) is 0 Å². The summed E-state index contributed by atoms with van der Waals surface area (Å²) >= 11 is 0. The molecule has 6 nitrogen and oxygen atoms in total. The molecule has 6 rings (SSSR count). The van der Waals surface area contributed by atoms with Crippen molar-refractivity contribution < 1.29 is 8.78 Å². The zero-order chi connectivity index (χ0) is 21.8. The van der Waals surface area contributed by atoms with Crippen LogP contribution in [0, 0.1) is 5.82 Å². The Morgan fingerprint density at radius 3 is 2.69 bits per heavy atom. The molecule has 1 aliphatic rings. The van der Waals surface area contributed by atoms with E-state index in [1.54, 1.807) is 39.8 Å². The summed E-state index contributed by atoms with van der Waals surface area (Å²) in [7, 11) is 0. The van der Waals surface area contributed by atoms with Crippen molar-refractivity contribution in [2.75, 3.05) is 0 Å². The van der Waals surface area contributed by atoms with Crippen LogP contribution >= 0.6 is 0 Å². The molecule has 0 bridgehead atoms. The Morgan fingerprint density at radius 2 is 1.88 bits per heavy atom. The maximum atomic E-state index is 14.8. The van der Waals surface area contributed by atoms with Crippen molar-refractivity contribution in [2.24, 2.45) is 5.73 Å². The Hall–Kier alpha value is -3.91. The number of rotatable bonds is 3. The Balaban J connectivity index is 1.63. The lowest BCUT2D eigenvalue weighted by Crippen LogP contribution is -2.17. The summed E-state index contributed by atoms with van der Waals surface area (Å²) in [6.45, 7) is 0. The number of nitrogens with two attached hydrogens (primary N) is 1. The third-order valence-electron chi connectivity index (χ3n) is 5.89. The van der Waals surface area contributed by atoms with E-state index < -0.39 is 12.2 Å². The van der Waals surface area contributed by atoms with Crippen LogP contribution in [0.15, 0.2) is 73.1 Å². The zero-order valence-electron chi connectivity index (χ0n) is 16.9. The number of fused-ring (bicyclic) bond motifs is 2. The molecule has 1 aliphatic carbocycles. The normalized spacial score (nSPS) is 17.7. The highest BCUT2D eigenvalue weighted by molar-refractivity contribution is 5.81. The van der Waals surface area contributed by atoms with E-state index in [4.69, 9.17) is 15.7 Å². The van der Waals surface area contributed by atoms with Crippen LogP contribution in [0.3, 0.4) is 0 Å². The van der Waals surface area contributed by atoms with E-state index in [-0.39, 0.29) is 12.2 Å². The number of aromatic nitrogens is 5. The van der Waals surface area contributed by atoms with Crippen molar-refractivity contribution in [3.63, 3.8) is 0 Å². The van der Waals surface area contributed by atoms with E-state index in [9.17, 15) is 8.78 Å². The van der Waals surface area contributed by atoms with Gasteiger partial charge in [0, 0.05) is 24.5 Å². The number of alkyl halides is 1. The van der Waals surface area contributed by atoms with Gasteiger partial charge in [0.15, 0.2) is 11.5 Å². The van der Waals surface area contributed by atoms with Crippen molar-refractivity contribution in [1.82, 2.24) is 24.3 Å². The minimum absolute atomic E-state index is 0.248. The maximum Gasteiger partial charge on any atom is 0.167 e. The number of halogens is 2. The van der Waals surface area contributed by atoms with Crippen molar-refractivity contribution in [3.05, 3.63) is 90.0 Å². The summed E-state index contributed by atoms with van der Waals surface area (Å²) in [4.78, 5) is 9.47. The summed E-state index contributed by atoms with van der Waals surface area (Å²) in [5.41, 5.74) is 9.87. The second-order valence-electron chi connectivity index (χ2n) is 7.84. The molecule has 32 heavy (non-hydrogen) atoms. The fourth-order valence-corrected chi connectivity index (χ4v) is 4.31. The fraction of sp³-hybridized carbons (Fsp3) is 0.125. The van der Waals surface area contributed by atoms with Gasteiger partial charge in [-0.2, -0.15) is 5.10 Å². The summed E-state index contributed by atoms with van der Waals surface area (Å²) < 4.78 is 32.4.